The minimum absolute atomic E-state index is 0.0282. The summed E-state index contributed by atoms with van der Waals surface area (Å²) in [5.41, 5.74) is -0.00661. The molecule has 0 radical (unpaired) electrons. The lowest BCUT2D eigenvalue weighted by atomic mass is 9.60. The monoisotopic (exact) mass is 268 g/mol. The van der Waals surface area contributed by atoms with Crippen molar-refractivity contribution in [1.82, 2.24) is 4.98 Å². The molecule has 1 saturated heterocycles. The molecule has 0 N–H and O–H groups in total. The average Bonchev–Trinajstić information content (AvgIpc) is 2.68. The Hall–Kier alpha value is -1.72. The molecule has 1 aromatic carbocycles. The lowest BCUT2D eigenvalue weighted by Crippen LogP contribution is -2.70. The molecule has 6 heteroatoms. The van der Waals surface area contributed by atoms with E-state index in [1.54, 1.807) is 4.90 Å². The van der Waals surface area contributed by atoms with E-state index < -0.39 is 17.2 Å². The first kappa shape index (κ1) is 11.1. The van der Waals surface area contributed by atoms with Crippen LogP contribution in [-0.4, -0.2) is 24.0 Å². The summed E-state index contributed by atoms with van der Waals surface area (Å²) in [5, 5.41) is 0. The van der Waals surface area contributed by atoms with E-state index >= 15 is 0 Å². The number of anilines is 1. The van der Waals surface area contributed by atoms with E-state index in [1.165, 1.54) is 18.2 Å². The molecule has 1 aliphatic carbocycles. The van der Waals surface area contributed by atoms with Crippen LogP contribution in [0.5, 0.6) is 0 Å². The number of hydrogen-bond acceptors (Lipinski definition) is 3. The maximum absolute atomic E-state index is 13.5. The number of hydrogen-bond donors (Lipinski definition) is 0. The smallest absolute Gasteiger partial charge is 0.298 e. The highest BCUT2D eigenvalue weighted by atomic mass is 19.3. The Morgan fingerprint density at radius 2 is 2.00 bits per heavy atom. The molecule has 2 heterocycles. The zero-order valence-corrected chi connectivity index (χ0v) is 10.00. The van der Waals surface area contributed by atoms with Gasteiger partial charge in [0.05, 0.1) is 5.41 Å². The third-order valence-corrected chi connectivity index (χ3v) is 4.29. The van der Waals surface area contributed by atoms with Crippen molar-refractivity contribution in [3.05, 3.63) is 24.0 Å². The molecule has 0 atom stereocenters. The van der Waals surface area contributed by atoms with Crippen molar-refractivity contribution in [3.8, 4) is 0 Å². The molecule has 0 bridgehead atoms. The van der Waals surface area contributed by atoms with Crippen LogP contribution >= 0.6 is 0 Å². The standard InChI is InChI=1S/C13H11F3N2O/c14-8-1-2-10-9(5-8)17-11(19-10)18-6-12(7-18)3-4-13(12,15)16/h1-2,5H,3-4,6-7H2. The Balaban J connectivity index is 1.60. The number of benzene rings is 1. The molecule has 4 rings (SSSR count). The molecular weight excluding hydrogens is 257 g/mol. The summed E-state index contributed by atoms with van der Waals surface area (Å²) < 4.78 is 45.4. The van der Waals surface area contributed by atoms with E-state index in [0.29, 0.717) is 23.5 Å². The number of fused-ring (bicyclic) bond motifs is 1. The summed E-state index contributed by atoms with van der Waals surface area (Å²) in [4.78, 5) is 5.83. The van der Waals surface area contributed by atoms with Gasteiger partial charge in [-0.2, -0.15) is 4.98 Å². The molecule has 1 spiro atoms. The zero-order chi connectivity index (χ0) is 13.3. The third-order valence-electron chi connectivity index (χ3n) is 4.29. The first-order valence-corrected chi connectivity index (χ1v) is 6.18. The highest BCUT2D eigenvalue weighted by Gasteiger charge is 2.67. The second-order valence-corrected chi connectivity index (χ2v) is 5.45. The molecule has 1 aliphatic heterocycles. The molecule has 1 saturated carbocycles. The average molecular weight is 268 g/mol. The predicted octanol–water partition coefficient (Wildman–Crippen LogP) is 3.20. The fourth-order valence-corrected chi connectivity index (χ4v) is 2.90. The molecule has 1 aromatic heterocycles. The quantitative estimate of drug-likeness (QED) is 0.795. The molecule has 0 amide bonds. The second-order valence-electron chi connectivity index (χ2n) is 5.45. The largest absolute Gasteiger partial charge is 0.423 e. The van der Waals surface area contributed by atoms with Gasteiger partial charge in [-0.25, -0.2) is 13.2 Å². The number of alkyl halides is 2. The molecule has 100 valence electrons. The van der Waals surface area contributed by atoms with Crippen molar-refractivity contribution in [3.63, 3.8) is 0 Å². The van der Waals surface area contributed by atoms with E-state index in [1.807, 2.05) is 0 Å². The van der Waals surface area contributed by atoms with Crippen LogP contribution in [0.3, 0.4) is 0 Å². The van der Waals surface area contributed by atoms with Crippen LogP contribution in [0, 0.1) is 11.2 Å². The van der Waals surface area contributed by atoms with Crippen LogP contribution in [0.25, 0.3) is 11.1 Å². The van der Waals surface area contributed by atoms with Crippen molar-refractivity contribution < 1.29 is 17.6 Å². The maximum Gasteiger partial charge on any atom is 0.298 e. The summed E-state index contributed by atoms with van der Waals surface area (Å²) in [5.74, 6) is -2.96. The second kappa shape index (κ2) is 3.23. The zero-order valence-electron chi connectivity index (χ0n) is 10.00. The molecule has 2 aromatic rings. The van der Waals surface area contributed by atoms with E-state index in [9.17, 15) is 13.2 Å². The van der Waals surface area contributed by atoms with Crippen molar-refractivity contribution in [2.45, 2.75) is 18.8 Å². The molecule has 3 nitrogen and oxygen atoms in total. The Morgan fingerprint density at radius 3 is 2.63 bits per heavy atom. The van der Waals surface area contributed by atoms with Crippen molar-refractivity contribution in [2.24, 2.45) is 5.41 Å². The van der Waals surface area contributed by atoms with Crippen LogP contribution in [0.1, 0.15) is 12.8 Å². The first-order valence-electron chi connectivity index (χ1n) is 6.18. The fourth-order valence-electron chi connectivity index (χ4n) is 2.90. The number of halogens is 3. The van der Waals surface area contributed by atoms with Gasteiger partial charge >= 0.3 is 0 Å². The Kier molecular flexibility index (Phi) is 1.90. The summed E-state index contributed by atoms with van der Waals surface area (Å²) in [6, 6.07) is 4.35. The number of rotatable bonds is 1. The van der Waals surface area contributed by atoms with E-state index in [2.05, 4.69) is 4.98 Å². The van der Waals surface area contributed by atoms with Crippen LogP contribution < -0.4 is 4.90 Å². The van der Waals surface area contributed by atoms with Crippen LogP contribution in [0.4, 0.5) is 19.2 Å². The van der Waals surface area contributed by atoms with Gasteiger partial charge in [-0.1, -0.05) is 0 Å². The third kappa shape index (κ3) is 1.37. The van der Waals surface area contributed by atoms with E-state index in [4.69, 9.17) is 4.42 Å². The van der Waals surface area contributed by atoms with Gasteiger partial charge in [-0.05, 0) is 18.6 Å². The van der Waals surface area contributed by atoms with E-state index in [-0.39, 0.29) is 19.5 Å². The van der Waals surface area contributed by atoms with Crippen molar-refractivity contribution >= 4 is 17.1 Å². The Bertz CT molecular complexity index is 661. The predicted molar refractivity (Wildman–Crippen MR) is 62.8 cm³/mol. The van der Waals surface area contributed by atoms with Crippen molar-refractivity contribution in [2.75, 3.05) is 18.0 Å². The minimum Gasteiger partial charge on any atom is -0.423 e. The lowest BCUT2D eigenvalue weighted by Gasteiger charge is -2.59. The molecule has 19 heavy (non-hydrogen) atoms. The minimum atomic E-state index is -2.57. The summed E-state index contributed by atoms with van der Waals surface area (Å²) in [6.45, 7) is 0.518. The van der Waals surface area contributed by atoms with Gasteiger partial charge in [0.15, 0.2) is 5.58 Å². The van der Waals surface area contributed by atoms with Crippen LogP contribution in [-0.2, 0) is 0 Å². The molecule has 2 aliphatic rings. The van der Waals surface area contributed by atoms with Gasteiger partial charge < -0.3 is 9.32 Å². The number of nitrogens with zero attached hydrogens (tertiary/aromatic N) is 2. The van der Waals surface area contributed by atoms with Crippen LogP contribution in [0.2, 0.25) is 0 Å². The normalized spacial score (nSPS) is 23.4. The molecule has 2 fully saturated rings. The topological polar surface area (TPSA) is 29.3 Å². The van der Waals surface area contributed by atoms with Gasteiger partial charge in [-0.15, -0.1) is 0 Å². The van der Waals surface area contributed by atoms with Crippen LogP contribution in [0.15, 0.2) is 22.6 Å². The van der Waals surface area contributed by atoms with Crippen molar-refractivity contribution in [1.29, 1.82) is 0 Å². The first-order chi connectivity index (χ1) is 8.99. The highest BCUT2D eigenvalue weighted by molar-refractivity contribution is 5.74. The Morgan fingerprint density at radius 1 is 1.21 bits per heavy atom. The summed E-state index contributed by atoms with van der Waals surface area (Å²) in [6.07, 6.45) is 0.519. The van der Waals surface area contributed by atoms with Gasteiger partial charge in [0.25, 0.3) is 11.9 Å². The lowest BCUT2D eigenvalue weighted by molar-refractivity contribution is -0.213. The van der Waals surface area contributed by atoms with E-state index in [0.717, 1.165) is 0 Å². The van der Waals surface area contributed by atoms with Gasteiger partial charge in [-0.3, -0.25) is 0 Å². The van der Waals surface area contributed by atoms with Gasteiger partial charge in [0.1, 0.15) is 11.3 Å². The Labute approximate surface area is 107 Å². The van der Waals surface area contributed by atoms with Gasteiger partial charge in [0.2, 0.25) is 0 Å². The van der Waals surface area contributed by atoms with Gasteiger partial charge in [0, 0.05) is 25.6 Å². The number of oxazole rings is 1. The fraction of sp³-hybridized carbons (Fsp3) is 0.462. The maximum atomic E-state index is 13.5. The highest BCUT2D eigenvalue weighted by Crippen LogP contribution is 2.59. The number of aromatic nitrogens is 1. The summed E-state index contributed by atoms with van der Waals surface area (Å²) >= 11 is 0. The summed E-state index contributed by atoms with van der Waals surface area (Å²) in [7, 11) is 0. The SMILES string of the molecule is Fc1ccc2oc(N3CC4(CCC4(F)F)C3)nc2c1. The molecule has 0 unspecified atom stereocenters. The molecular formula is C13H11F3N2O.